The third-order valence-corrected chi connectivity index (χ3v) is 2.42. The quantitative estimate of drug-likeness (QED) is 0.745. The molecule has 1 aromatic carbocycles. The van der Waals surface area contributed by atoms with Gasteiger partial charge in [-0.25, -0.2) is 4.39 Å². The van der Waals surface area contributed by atoms with Crippen molar-refractivity contribution in [3.8, 4) is 0 Å². The van der Waals surface area contributed by atoms with E-state index in [9.17, 15) is 4.39 Å². The van der Waals surface area contributed by atoms with Crippen LogP contribution in [0.25, 0.3) is 10.9 Å². The van der Waals surface area contributed by atoms with Crippen molar-refractivity contribution < 1.29 is 4.39 Å². The van der Waals surface area contributed by atoms with Gasteiger partial charge in [-0.3, -0.25) is 4.68 Å². The predicted molar refractivity (Wildman–Crippen MR) is 53.3 cm³/mol. The summed E-state index contributed by atoms with van der Waals surface area (Å²) in [4.78, 5) is 0. The van der Waals surface area contributed by atoms with Crippen LogP contribution in [0.4, 0.5) is 4.39 Å². The molecule has 0 saturated heterocycles. The number of fused-ring (bicyclic) bond motifs is 1. The van der Waals surface area contributed by atoms with Gasteiger partial charge in [-0.2, -0.15) is 5.10 Å². The molecule has 0 unspecified atom stereocenters. The van der Waals surface area contributed by atoms with Gasteiger partial charge in [-0.05, 0) is 18.6 Å². The topological polar surface area (TPSA) is 43.8 Å². The summed E-state index contributed by atoms with van der Waals surface area (Å²) in [5.74, 6) is -0.250. The minimum atomic E-state index is -0.250. The minimum Gasteiger partial charge on any atom is -0.326 e. The van der Waals surface area contributed by atoms with Crippen LogP contribution in [0, 0.1) is 12.7 Å². The average Bonchev–Trinajstić information content (AvgIpc) is 2.44. The Morgan fingerprint density at radius 1 is 1.50 bits per heavy atom. The van der Waals surface area contributed by atoms with Crippen molar-refractivity contribution in [3.05, 3.63) is 29.2 Å². The van der Waals surface area contributed by atoms with Crippen LogP contribution in [0.2, 0.25) is 0 Å². The number of hydrogen-bond acceptors (Lipinski definition) is 2. The van der Waals surface area contributed by atoms with Crippen molar-refractivity contribution in [1.82, 2.24) is 9.78 Å². The van der Waals surface area contributed by atoms with E-state index in [-0.39, 0.29) is 5.82 Å². The second-order valence-electron chi connectivity index (χ2n) is 3.34. The standard InChI is InChI=1S/C10H12FN3/c1-6-9-7(5-12)3-4-8(11)10(9)14(2)13-6/h3-4H,5,12H2,1-2H3. The fraction of sp³-hybridized carbons (Fsp3) is 0.300. The molecule has 2 N–H and O–H groups in total. The lowest BCUT2D eigenvalue weighted by Gasteiger charge is -2.01. The molecule has 0 aliphatic rings. The van der Waals surface area contributed by atoms with Gasteiger partial charge in [0, 0.05) is 19.0 Å². The van der Waals surface area contributed by atoms with Crippen LogP contribution in [0.1, 0.15) is 11.3 Å². The van der Waals surface area contributed by atoms with Crippen LogP contribution in [-0.4, -0.2) is 9.78 Å². The highest BCUT2D eigenvalue weighted by Crippen LogP contribution is 2.24. The van der Waals surface area contributed by atoms with Gasteiger partial charge in [0.25, 0.3) is 0 Å². The van der Waals surface area contributed by atoms with E-state index >= 15 is 0 Å². The van der Waals surface area contributed by atoms with Gasteiger partial charge < -0.3 is 5.73 Å². The van der Waals surface area contributed by atoms with Gasteiger partial charge >= 0.3 is 0 Å². The number of nitrogens with zero attached hydrogens (tertiary/aromatic N) is 2. The highest BCUT2D eigenvalue weighted by molar-refractivity contribution is 5.85. The van der Waals surface area contributed by atoms with E-state index in [4.69, 9.17) is 5.73 Å². The molecule has 0 saturated carbocycles. The maximum Gasteiger partial charge on any atom is 0.149 e. The van der Waals surface area contributed by atoms with Crippen molar-refractivity contribution in [2.24, 2.45) is 12.8 Å². The molecule has 0 atom stereocenters. The molecule has 0 spiro atoms. The molecule has 3 nitrogen and oxygen atoms in total. The van der Waals surface area contributed by atoms with Gasteiger partial charge in [0.2, 0.25) is 0 Å². The molecule has 0 bridgehead atoms. The number of aryl methyl sites for hydroxylation is 2. The Kier molecular flexibility index (Phi) is 2.00. The zero-order valence-electron chi connectivity index (χ0n) is 8.21. The molecule has 4 heteroatoms. The summed E-state index contributed by atoms with van der Waals surface area (Å²) in [5.41, 5.74) is 7.88. The average molecular weight is 193 g/mol. The summed E-state index contributed by atoms with van der Waals surface area (Å²) in [7, 11) is 1.73. The Balaban J connectivity index is 2.94. The van der Waals surface area contributed by atoms with Gasteiger partial charge in [-0.15, -0.1) is 0 Å². The second-order valence-corrected chi connectivity index (χ2v) is 3.34. The Bertz CT molecular complexity index is 488. The number of rotatable bonds is 1. The molecule has 0 aliphatic heterocycles. The smallest absolute Gasteiger partial charge is 0.149 e. The molecule has 1 aromatic heterocycles. The van der Waals surface area contributed by atoms with Crippen LogP contribution >= 0.6 is 0 Å². The molecule has 1 heterocycles. The highest BCUT2D eigenvalue weighted by Gasteiger charge is 2.12. The second kappa shape index (κ2) is 3.06. The Labute approximate surface area is 81.3 Å². The van der Waals surface area contributed by atoms with Crippen LogP contribution < -0.4 is 5.73 Å². The number of aromatic nitrogens is 2. The van der Waals surface area contributed by atoms with E-state index in [0.29, 0.717) is 12.1 Å². The van der Waals surface area contributed by atoms with Crippen LogP contribution in [0.5, 0.6) is 0 Å². The summed E-state index contributed by atoms with van der Waals surface area (Å²) < 4.78 is 15.0. The maximum atomic E-state index is 13.5. The number of halogens is 1. The molecule has 74 valence electrons. The first-order valence-electron chi connectivity index (χ1n) is 4.46. The normalized spacial score (nSPS) is 11.1. The van der Waals surface area contributed by atoms with Crippen molar-refractivity contribution in [2.45, 2.75) is 13.5 Å². The van der Waals surface area contributed by atoms with Gasteiger partial charge in [0.15, 0.2) is 0 Å². The number of hydrogen-bond donors (Lipinski definition) is 1. The van der Waals surface area contributed by atoms with Crippen molar-refractivity contribution >= 4 is 10.9 Å². The lowest BCUT2D eigenvalue weighted by molar-refractivity contribution is 0.625. The fourth-order valence-corrected chi connectivity index (χ4v) is 1.82. The maximum absolute atomic E-state index is 13.5. The molecule has 0 fully saturated rings. The molecule has 0 radical (unpaired) electrons. The molecule has 2 aromatic rings. The first-order valence-corrected chi connectivity index (χ1v) is 4.46. The molecular formula is C10H12FN3. The molecule has 0 aliphatic carbocycles. The monoisotopic (exact) mass is 193 g/mol. The number of nitrogens with two attached hydrogens (primary N) is 1. The van der Waals surface area contributed by atoms with E-state index in [1.54, 1.807) is 17.8 Å². The van der Waals surface area contributed by atoms with Gasteiger partial charge in [-0.1, -0.05) is 6.07 Å². The highest BCUT2D eigenvalue weighted by atomic mass is 19.1. The van der Waals surface area contributed by atoms with Crippen molar-refractivity contribution in [1.29, 1.82) is 0 Å². The predicted octanol–water partition coefficient (Wildman–Crippen LogP) is 1.48. The van der Waals surface area contributed by atoms with Crippen molar-refractivity contribution in [3.63, 3.8) is 0 Å². The molecule has 14 heavy (non-hydrogen) atoms. The zero-order chi connectivity index (χ0) is 10.3. The number of benzene rings is 1. The lowest BCUT2D eigenvalue weighted by Crippen LogP contribution is -1.98. The summed E-state index contributed by atoms with van der Waals surface area (Å²) in [6.07, 6.45) is 0. The SMILES string of the molecule is Cc1nn(C)c2c(F)ccc(CN)c12. The van der Waals surface area contributed by atoms with E-state index in [0.717, 1.165) is 16.6 Å². The first-order chi connectivity index (χ1) is 6.65. The van der Waals surface area contributed by atoms with Crippen LogP contribution in [0.15, 0.2) is 12.1 Å². The summed E-state index contributed by atoms with van der Waals surface area (Å²) in [6.45, 7) is 2.27. The Hall–Kier alpha value is -1.42. The zero-order valence-corrected chi connectivity index (χ0v) is 8.21. The van der Waals surface area contributed by atoms with Crippen LogP contribution in [0.3, 0.4) is 0 Å². The minimum absolute atomic E-state index is 0.250. The van der Waals surface area contributed by atoms with Gasteiger partial charge in [0.05, 0.1) is 5.69 Å². The molecule has 2 rings (SSSR count). The summed E-state index contributed by atoms with van der Waals surface area (Å²) in [6, 6.07) is 3.15. The third-order valence-electron chi connectivity index (χ3n) is 2.42. The van der Waals surface area contributed by atoms with Crippen LogP contribution in [-0.2, 0) is 13.6 Å². The molecular weight excluding hydrogens is 181 g/mol. The van der Waals surface area contributed by atoms with E-state index in [1.165, 1.54) is 6.07 Å². The van der Waals surface area contributed by atoms with E-state index < -0.39 is 0 Å². The van der Waals surface area contributed by atoms with E-state index in [2.05, 4.69) is 5.10 Å². The molecule has 0 amide bonds. The first kappa shape index (κ1) is 9.15. The Morgan fingerprint density at radius 3 is 2.86 bits per heavy atom. The van der Waals surface area contributed by atoms with Crippen molar-refractivity contribution in [2.75, 3.05) is 0 Å². The van der Waals surface area contributed by atoms with E-state index in [1.807, 2.05) is 6.92 Å². The third kappa shape index (κ3) is 1.11. The Morgan fingerprint density at radius 2 is 2.21 bits per heavy atom. The van der Waals surface area contributed by atoms with Gasteiger partial charge in [0.1, 0.15) is 11.3 Å². The summed E-state index contributed by atoms with van der Waals surface area (Å²) in [5, 5.41) is 5.02. The lowest BCUT2D eigenvalue weighted by atomic mass is 10.1. The largest absolute Gasteiger partial charge is 0.326 e. The summed E-state index contributed by atoms with van der Waals surface area (Å²) >= 11 is 0. The fourth-order valence-electron chi connectivity index (χ4n) is 1.82.